The van der Waals surface area contributed by atoms with Gasteiger partial charge in [0.15, 0.2) is 0 Å². The third-order valence-electron chi connectivity index (χ3n) is 7.24. The lowest BCUT2D eigenvalue weighted by Gasteiger charge is -2.18. The van der Waals surface area contributed by atoms with Crippen LogP contribution in [0.2, 0.25) is 0 Å². The fourth-order valence-corrected chi connectivity index (χ4v) is 5.68. The molecule has 1 aliphatic heterocycles. The van der Waals surface area contributed by atoms with Gasteiger partial charge in [-0.1, -0.05) is 48.1 Å². The molecule has 2 fully saturated rings. The summed E-state index contributed by atoms with van der Waals surface area (Å²) in [5.74, 6) is 1.41. The lowest BCUT2D eigenvalue weighted by molar-refractivity contribution is 0.131. The lowest BCUT2D eigenvalue weighted by Crippen LogP contribution is -2.21. The smallest absolute Gasteiger partial charge is 0.0676 e. The molecule has 4 rings (SSSR count). The topological polar surface area (TPSA) is 32.7 Å². The number of aliphatic hydroxyl groups excluding tert-OH is 1. The highest BCUT2D eigenvalue weighted by Crippen LogP contribution is 2.47. The second-order valence-electron chi connectivity index (χ2n) is 9.65. The van der Waals surface area contributed by atoms with Crippen LogP contribution in [0.1, 0.15) is 49.7 Å². The van der Waals surface area contributed by atoms with Gasteiger partial charge in [-0.05, 0) is 87.9 Å². The first-order valence-corrected chi connectivity index (χ1v) is 12.1. The number of likely N-dealkylation sites (tertiary alicyclic amines) is 1. The molecule has 3 heteroatoms. The molecule has 0 spiro atoms. The molecule has 2 aliphatic carbocycles. The van der Waals surface area contributed by atoms with Crippen LogP contribution in [0, 0.1) is 24.7 Å². The lowest BCUT2D eigenvalue weighted by atomic mass is 9.89. The number of hydrogen-bond donors (Lipinski definition) is 1. The van der Waals surface area contributed by atoms with Crippen LogP contribution in [-0.4, -0.2) is 49.0 Å². The van der Waals surface area contributed by atoms with E-state index in [0.717, 1.165) is 45.3 Å². The average molecular weight is 410 g/mol. The standard InChI is InChI=1S/C27H39NO2/c1-21-8-6-10-22(16-21)9-2-3-11-25-26-18-23(17-24(26)19-27(25)29)20-30-15-7-14-28-12-4-5-13-28/h3,6,8,10-11,16-17,24-27,29H,2,4-5,7,9,12-15,18-20H2,1H3/t24-,25+,26-,27+/m0/s1. The Morgan fingerprint density at radius 2 is 2.10 bits per heavy atom. The highest BCUT2D eigenvalue weighted by Gasteiger charge is 2.43. The van der Waals surface area contributed by atoms with Gasteiger partial charge in [0.1, 0.15) is 0 Å². The maximum atomic E-state index is 10.6. The molecule has 1 N–H and O–H groups in total. The van der Waals surface area contributed by atoms with Gasteiger partial charge in [0, 0.05) is 19.1 Å². The molecule has 1 aromatic rings. The van der Waals surface area contributed by atoms with Crippen molar-refractivity contribution in [1.29, 1.82) is 0 Å². The van der Waals surface area contributed by atoms with E-state index in [4.69, 9.17) is 4.74 Å². The predicted molar refractivity (Wildman–Crippen MR) is 124 cm³/mol. The summed E-state index contributed by atoms with van der Waals surface area (Å²) in [7, 11) is 0. The molecule has 1 saturated carbocycles. The minimum atomic E-state index is -0.186. The molecule has 0 radical (unpaired) electrons. The molecule has 30 heavy (non-hydrogen) atoms. The molecule has 3 aliphatic rings. The Hall–Kier alpha value is -1.42. The number of aryl methyl sites for hydroxylation is 2. The monoisotopic (exact) mass is 409 g/mol. The number of rotatable bonds is 10. The molecule has 164 valence electrons. The number of benzene rings is 1. The van der Waals surface area contributed by atoms with E-state index >= 15 is 0 Å². The normalized spacial score (nSPS) is 29.1. The van der Waals surface area contributed by atoms with Gasteiger partial charge in [-0.3, -0.25) is 0 Å². The molecule has 1 heterocycles. The third-order valence-corrected chi connectivity index (χ3v) is 7.24. The van der Waals surface area contributed by atoms with Crippen LogP contribution in [0.15, 0.2) is 48.1 Å². The summed E-state index contributed by atoms with van der Waals surface area (Å²) in [5, 5.41) is 10.6. The van der Waals surface area contributed by atoms with Crippen molar-refractivity contribution in [2.24, 2.45) is 17.8 Å². The zero-order chi connectivity index (χ0) is 20.8. The van der Waals surface area contributed by atoms with Crippen molar-refractivity contribution in [3.63, 3.8) is 0 Å². The highest BCUT2D eigenvalue weighted by molar-refractivity contribution is 5.23. The Labute approximate surface area is 182 Å². The largest absolute Gasteiger partial charge is 0.392 e. The van der Waals surface area contributed by atoms with Gasteiger partial charge >= 0.3 is 0 Å². The van der Waals surface area contributed by atoms with Crippen molar-refractivity contribution in [3.05, 3.63) is 59.2 Å². The number of aliphatic hydroxyl groups is 1. The molecule has 1 saturated heterocycles. The third kappa shape index (κ3) is 5.84. The molecule has 4 atom stereocenters. The Morgan fingerprint density at radius 1 is 1.23 bits per heavy atom. The van der Waals surface area contributed by atoms with Gasteiger partial charge in [0.25, 0.3) is 0 Å². The Kier molecular flexibility index (Phi) is 7.81. The van der Waals surface area contributed by atoms with Gasteiger partial charge in [-0.25, -0.2) is 0 Å². The Balaban J connectivity index is 1.17. The second-order valence-corrected chi connectivity index (χ2v) is 9.65. The fraction of sp³-hybridized carbons (Fsp3) is 0.630. The molecule has 1 aromatic carbocycles. The van der Waals surface area contributed by atoms with E-state index in [1.54, 1.807) is 0 Å². The average Bonchev–Trinajstić information content (AvgIpc) is 3.43. The zero-order valence-corrected chi connectivity index (χ0v) is 18.6. The first-order chi connectivity index (χ1) is 14.7. The minimum Gasteiger partial charge on any atom is -0.392 e. The van der Waals surface area contributed by atoms with Crippen LogP contribution < -0.4 is 0 Å². The van der Waals surface area contributed by atoms with E-state index in [9.17, 15) is 5.11 Å². The van der Waals surface area contributed by atoms with Crippen LogP contribution >= 0.6 is 0 Å². The van der Waals surface area contributed by atoms with E-state index in [0.29, 0.717) is 17.8 Å². The van der Waals surface area contributed by atoms with Gasteiger partial charge in [0.05, 0.1) is 12.7 Å². The number of nitrogens with zero attached hydrogens (tertiary/aromatic N) is 1. The molecule has 0 amide bonds. The van der Waals surface area contributed by atoms with E-state index in [-0.39, 0.29) is 6.10 Å². The summed E-state index contributed by atoms with van der Waals surface area (Å²) in [4.78, 5) is 2.56. The van der Waals surface area contributed by atoms with Crippen LogP contribution in [0.3, 0.4) is 0 Å². The quantitative estimate of drug-likeness (QED) is 0.439. The van der Waals surface area contributed by atoms with Gasteiger partial charge < -0.3 is 14.7 Å². The molecule has 3 nitrogen and oxygen atoms in total. The fourth-order valence-electron chi connectivity index (χ4n) is 5.68. The van der Waals surface area contributed by atoms with E-state index in [1.807, 2.05) is 0 Å². The van der Waals surface area contributed by atoms with E-state index in [2.05, 4.69) is 54.3 Å². The maximum Gasteiger partial charge on any atom is 0.0676 e. The van der Waals surface area contributed by atoms with Crippen molar-refractivity contribution in [3.8, 4) is 0 Å². The summed E-state index contributed by atoms with van der Waals surface area (Å²) in [6.45, 7) is 7.54. The number of fused-ring (bicyclic) bond motifs is 1. The van der Waals surface area contributed by atoms with E-state index in [1.165, 1.54) is 49.2 Å². The molecular formula is C27H39NO2. The van der Waals surface area contributed by atoms with Crippen LogP contribution in [0.5, 0.6) is 0 Å². The summed E-state index contributed by atoms with van der Waals surface area (Å²) in [6.07, 6.45) is 14.8. The number of allylic oxidation sites excluding steroid dienone is 2. The van der Waals surface area contributed by atoms with Crippen molar-refractivity contribution in [2.75, 3.05) is 32.8 Å². The maximum absolute atomic E-state index is 10.6. The molecule has 0 bridgehead atoms. The minimum absolute atomic E-state index is 0.186. The Morgan fingerprint density at radius 3 is 2.93 bits per heavy atom. The summed E-state index contributed by atoms with van der Waals surface area (Å²) in [6, 6.07) is 8.77. The van der Waals surface area contributed by atoms with Crippen LogP contribution in [0.4, 0.5) is 0 Å². The van der Waals surface area contributed by atoms with Gasteiger partial charge in [-0.2, -0.15) is 0 Å². The Bertz CT molecular complexity index is 734. The van der Waals surface area contributed by atoms with Crippen molar-refractivity contribution < 1.29 is 9.84 Å². The first kappa shape index (κ1) is 21.8. The van der Waals surface area contributed by atoms with Crippen molar-refractivity contribution in [2.45, 2.75) is 58.0 Å². The number of ether oxygens (including phenoxy) is 1. The van der Waals surface area contributed by atoms with Gasteiger partial charge in [-0.15, -0.1) is 0 Å². The summed E-state index contributed by atoms with van der Waals surface area (Å²) in [5.41, 5.74) is 4.18. The molecule has 0 unspecified atom stereocenters. The second kappa shape index (κ2) is 10.7. The molecule has 0 aromatic heterocycles. The summed E-state index contributed by atoms with van der Waals surface area (Å²) >= 11 is 0. The predicted octanol–water partition coefficient (Wildman–Crippen LogP) is 4.93. The van der Waals surface area contributed by atoms with Gasteiger partial charge in [0.2, 0.25) is 0 Å². The van der Waals surface area contributed by atoms with E-state index < -0.39 is 0 Å². The van der Waals surface area contributed by atoms with Crippen LogP contribution in [-0.2, 0) is 11.2 Å². The number of hydrogen-bond acceptors (Lipinski definition) is 3. The zero-order valence-electron chi connectivity index (χ0n) is 18.6. The van der Waals surface area contributed by atoms with Crippen LogP contribution in [0.25, 0.3) is 0 Å². The highest BCUT2D eigenvalue weighted by atomic mass is 16.5. The first-order valence-electron chi connectivity index (χ1n) is 12.1. The molecular weight excluding hydrogens is 370 g/mol. The van der Waals surface area contributed by atoms with Crippen molar-refractivity contribution in [1.82, 2.24) is 4.90 Å². The van der Waals surface area contributed by atoms with Crippen molar-refractivity contribution >= 4 is 0 Å². The SMILES string of the molecule is Cc1cccc(CCC=C[C@@H]2[C@H]3CC(COCCCN4CCCC4)=C[C@H]3C[C@H]2O)c1. The summed E-state index contributed by atoms with van der Waals surface area (Å²) < 4.78 is 5.99.